The van der Waals surface area contributed by atoms with Crippen molar-refractivity contribution in [2.75, 3.05) is 37.4 Å². The molecule has 1 amide bonds. The maximum absolute atomic E-state index is 13.4. The van der Waals surface area contributed by atoms with Crippen LogP contribution in [0.5, 0.6) is 0 Å². The number of aryl methyl sites for hydroxylation is 1. The van der Waals surface area contributed by atoms with Crippen molar-refractivity contribution in [1.29, 1.82) is 0 Å². The van der Waals surface area contributed by atoms with E-state index < -0.39 is 12.0 Å². The Balaban J connectivity index is 1.47. The van der Waals surface area contributed by atoms with Crippen LogP contribution in [0.3, 0.4) is 0 Å². The fraction of sp³-hybridized carbons (Fsp3) is 0.423. The molecule has 1 aromatic carbocycles. The number of anilines is 2. The Hall–Kier alpha value is -3.86. The number of halogens is 1. The van der Waals surface area contributed by atoms with Crippen LogP contribution in [0.2, 0.25) is 5.15 Å². The van der Waals surface area contributed by atoms with Crippen LogP contribution in [0.1, 0.15) is 34.6 Å². The molecule has 0 radical (unpaired) electrons. The number of hydrogen-bond acceptors (Lipinski definition) is 8. The van der Waals surface area contributed by atoms with E-state index in [4.69, 9.17) is 21.3 Å². The van der Waals surface area contributed by atoms with Crippen molar-refractivity contribution in [3.05, 3.63) is 56.6 Å². The molecular formula is C26H29ClN6O5. The number of rotatable bonds is 6. The number of carbonyl (C=O) groups excluding carboxylic acids is 1. The molecule has 3 aromatic rings. The summed E-state index contributed by atoms with van der Waals surface area (Å²) in [5, 5.41) is 13.4. The van der Waals surface area contributed by atoms with E-state index in [1.807, 2.05) is 26.0 Å². The van der Waals surface area contributed by atoms with Crippen LogP contribution in [-0.4, -0.2) is 69.9 Å². The minimum atomic E-state index is -1.20. The number of ether oxygens (including phenoxy) is 1. The Kier molecular flexibility index (Phi) is 6.42. The quantitative estimate of drug-likeness (QED) is 0.452. The van der Waals surface area contributed by atoms with Crippen LogP contribution >= 0.6 is 11.6 Å². The number of hydrogen-bond donors (Lipinski definition) is 2. The van der Waals surface area contributed by atoms with Crippen LogP contribution in [-0.2, 0) is 11.8 Å². The summed E-state index contributed by atoms with van der Waals surface area (Å²) in [6.45, 7) is 5.05. The second-order valence-corrected chi connectivity index (χ2v) is 10.6. The van der Waals surface area contributed by atoms with Gasteiger partial charge in [-0.25, -0.2) is 19.6 Å². The first-order valence-corrected chi connectivity index (χ1v) is 12.6. The van der Waals surface area contributed by atoms with Crippen LogP contribution in [0.25, 0.3) is 10.9 Å². The molecule has 5 rings (SSSR count). The second-order valence-electron chi connectivity index (χ2n) is 10.2. The Morgan fingerprint density at radius 1 is 1.21 bits per heavy atom. The van der Waals surface area contributed by atoms with Crippen molar-refractivity contribution < 1.29 is 19.4 Å². The number of pyridine rings is 1. The maximum atomic E-state index is 13.4. The molecule has 1 aliphatic heterocycles. The first kappa shape index (κ1) is 25.8. The molecule has 1 saturated carbocycles. The van der Waals surface area contributed by atoms with Gasteiger partial charge in [-0.05, 0) is 37.6 Å². The molecule has 1 aliphatic carbocycles. The van der Waals surface area contributed by atoms with E-state index in [-0.39, 0.29) is 40.4 Å². The van der Waals surface area contributed by atoms with Gasteiger partial charge in [0.1, 0.15) is 11.3 Å². The predicted molar refractivity (Wildman–Crippen MR) is 143 cm³/mol. The predicted octanol–water partition coefficient (Wildman–Crippen LogP) is 3.29. The Morgan fingerprint density at radius 2 is 1.89 bits per heavy atom. The first-order chi connectivity index (χ1) is 18.0. The zero-order valence-corrected chi connectivity index (χ0v) is 22.5. The van der Waals surface area contributed by atoms with E-state index in [1.54, 1.807) is 31.8 Å². The molecule has 12 heteroatoms. The molecule has 200 valence electrons. The van der Waals surface area contributed by atoms with Gasteiger partial charge in [0.05, 0.1) is 22.6 Å². The highest BCUT2D eigenvalue weighted by Crippen LogP contribution is 2.48. The van der Waals surface area contributed by atoms with Crippen molar-refractivity contribution in [3.63, 3.8) is 0 Å². The fourth-order valence-corrected chi connectivity index (χ4v) is 5.36. The van der Waals surface area contributed by atoms with E-state index in [0.717, 1.165) is 11.1 Å². The highest BCUT2D eigenvalue weighted by atomic mass is 35.5. The average Bonchev–Trinajstić information content (AvgIpc) is 3.28. The lowest BCUT2D eigenvalue weighted by atomic mass is 10.0. The molecular weight excluding hydrogens is 512 g/mol. The Bertz CT molecular complexity index is 1510. The number of aromatic carboxylic acids is 1. The number of piperidine rings is 1. The summed E-state index contributed by atoms with van der Waals surface area (Å²) in [5.74, 6) is -0.246. The Morgan fingerprint density at radius 3 is 2.53 bits per heavy atom. The van der Waals surface area contributed by atoms with Gasteiger partial charge in [0.15, 0.2) is 5.69 Å². The van der Waals surface area contributed by atoms with Gasteiger partial charge in [0, 0.05) is 51.6 Å². The van der Waals surface area contributed by atoms with Crippen LogP contribution in [0.4, 0.5) is 16.4 Å². The molecule has 3 heterocycles. The number of amides is 1. The van der Waals surface area contributed by atoms with Crippen LogP contribution < -0.4 is 15.8 Å². The lowest BCUT2D eigenvalue weighted by Crippen LogP contribution is -2.34. The smallest absolute Gasteiger partial charge is 0.409 e. The molecule has 2 aliphatic rings. The number of carboxylic acids is 1. The molecule has 2 aromatic heterocycles. The summed E-state index contributed by atoms with van der Waals surface area (Å²) in [6, 6.07) is 6.45. The highest BCUT2D eigenvalue weighted by molar-refractivity contribution is 6.29. The Labute approximate surface area is 224 Å². The number of aromatic nitrogens is 3. The van der Waals surface area contributed by atoms with Gasteiger partial charge in [-0.15, -0.1) is 0 Å². The van der Waals surface area contributed by atoms with Gasteiger partial charge in [-0.3, -0.25) is 9.36 Å². The normalized spacial score (nSPS) is 20.7. The second kappa shape index (κ2) is 9.46. The topological polar surface area (TPSA) is 130 Å². The third-order valence-corrected chi connectivity index (χ3v) is 7.44. The minimum Gasteiger partial charge on any atom is -0.476 e. The van der Waals surface area contributed by atoms with Crippen molar-refractivity contribution in [3.8, 4) is 0 Å². The zero-order chi connectivity index (χ0) is 27.5. The molecule has 2 N–H and O–H groups in total. The van der Waals surface area contributed by atoms with Gasteiger partial charge in [-0.2, -0.15) is 0 Å². The summed E-state index contributed by atoms with van der Waals surface area (Å²) in [7, 11) is 5.02. The largest absolute Gasteiger partial charge is 0.476 e. The van der Waals surface area contributed by atoms with Gasteiger partial charge >= 0.3 is 12.1 Å². The van der Waals surface area contributed by atoms with Crippen molar-refractivity contribution >= 4 is 46.2 Å². The third-order valence-electron chi connectivity index (χ3n) is 7.23. The highest BCUT2D eigenvalue weighted by Gasteiger charge is 2.59. The number of fused-ring (bicyclic) bond motifs is 2. The van der Waals surface area contributed by atoms with E-state index in [0.29, 0.717) is 35.6 Å². The average molecular weight is 541 g/mol. The molecule has 2 fully saturated rings. The van der Waals surface area contributed by atoms with Crippen molar-refractivity contribution in [2.45, 2.75) is 26.0 Å². The number of carbonyl (C=O) groups is 2. The minimum absolute atomic E-state index is 0.0822. The monoisotopic (exact) mass is 540 g/mol. The molecule has 0 spiro atoms. The van der Waals surface area contributed by atoms with E-state index >= 15 is 0 Å². The molecule has 1 saturated heterocycles. The molecule has 0 bridgehead atoms. The standard InChI is InChI=1S/C26H29ClN6O5/c1-12-8-14(13(2)28-18-6-7-19(27)29-21(18)24(35)36)20-15(9-12)23(34)32(5)25(30-20)33-10-16-17(11-33)22(16)38-26(37)31(3)4/h6-9,13,16-17,22,28H,10-11H2,1-5H3,(H,35,36)/t13-,16-,17+,22?/m1/s1. The zero-order valence-electron chi connectivity index (χ0n) is 21.7. The molecule has 1 unspecified atom stereocenters. The van der Waals surface area contributed by atoms with Crippen molar-refractivity contribution in [2.24, 2.45) is 18.9 Å². The maximum Gasteiger partial charge on any atom is 0.409 e. The van der Waals surface area contributed by atoms with Crippen LogP contribution in [0.15, 0.2) is 29.1 Å². The summed E-state index contributed by atoms with van der Waals surface area (Å²) >= 11 is 5.91. The number of nitrogens with one attached hydrogen (secondary N) is 1. The number of nitrogens with zero attached hydrogens (tertiary/aromatic N) is 5. The van der Waals surface area contributed by atoms with Gasteiger partial charge in [0.25, 0.3) is 5.56 Å². The summed E-state index contributed by atoms with van der Waals surface area (Å²) in [5.41, 5.74) is 2.14. The van der Waals surface area contributed by atoms with Gasteiger partial charge in [-0.1, -0.05) is 17.7 Å². The molecule has 11 nitrogen and oxygen atoms in total. The van der Waals surface area contributed by atoms with E-state index in [2.05, 4.69) is 15.2 Å². The molecule has 38 heavy (non-hydrogen) atoms. The van der Waals surface area contributed by atoms with E-state index in [1.165, 1.54) is 11.0 Å². The lowest BCUT2D eigenvalue weighted by Gasteiger charge is -2.25. The number of carboxylic acid groups (broad SMARTS) is 1. The SMILES string of the molecule is Cc1cc([C@@H](C)Nc2ccc(Cl)nc2C(=O)O)c2nc(N3C[C@@H]4C(OC(=O)N(C)C)[C@@H]4C3)n(C)c(=O)c2c1. The van der Waals surface area contributed by atoms with E-state index in [9.17, 15) is 19.5 Å². The molecule has 4 atom stereocenters. The van der Waals surface area contributed by atoms with Gasteiger partial charge in [0.2, 0.25) is 5.95 Å². The number of benzene rings is 1. The lowest BCUT2D eigenvalue weighted by molar-refractivity contribution is 0.0691. The fourth-order valence-electron chi connectivity index (χ4n) is 5.21. The summed E-state index contributed by atoms with van der Waals surface area (Å²) < 4.78 is 7.12. The first-order valence-electron chi connectivity index (χ1n) is 12.3. The van der Waals surface area contributed by atoms with Crippen LogP contribution in [0, 0.1) is 18.8 Å². The third kappa shape index (κ3) is 4.51. The van der Waals surface area contributed by atoms with Gasteiger partial charge < -0.3 is 25.0 Å². The summed E-state index contributed by atoms with van der Waals surface area (Å²) in [4.78, 5) is 49.5. The summed E-state index contributed by atoms with van der Waals surface area (Å²) in [6.07, 6.45) is -0.465. The van der Waals surface area contributed by atoms with Crippen molar-refractivity contribution in [1.82, 2.24) is 19.4 Å².